The number of rotatable bonds is 4. The number of amidine groups is 1. The van der Waals surface area contributed by atoms with Crippen LogP contribution in [-0.2, 0) is 5.41 Å². The minimum absolute atomic E-state index is 0.0753. The van der Waals surface area contributed by atoms with Crippen molar-refractivity contribution in [3.8, 4) is 0 Å². The molecule has 1 heterocycles. The largest absolute Gasteiger partial charge is 0.344 e. The lowest BCUT2D eigenvalue weighted by atomic mass is 9.78. The fraction of sp³-hybridized carbons (Fsp3) is 0.562. The Kier molecular flexibility index (Phi) is 4.71. The summed E-state index contributed by atoms with van der Waals surface area (Å²) in [5, 5.41) is 4.24. The van der Waals surface area contributed by atoms with E-state index < -0.39 is 0 Å². The van der Waals surface area contributed by atoms with Crippen LogP contribution in [0.3, 0.4) is 0 Å². The standard InChI is InChI=1S/C16H24ClN3/c1-16(2)11-15(18-8-5-9-20(3)4)19-14-7-6-12(17)10-13(14)16/h6-7,10H,5,8-9,11H2,1-4H3,(H,18,19). The Labute approximate surface area is 127 Å². The molecule has 0 fully saturated rings. The monoisotopic (exact) mass is 293 g/mol. The number of hydrogen-bond donors (Lipinski definition) is 1. The molecule has 4 heteroatoms. The Morgan fingerprint density at radius 2 is 2.10 bits per heavy atom. The third-order valence-corrected chi connectivity index (χ3v) is 3.90. The van der Waals surface area contributed by atoms with Gasteiger partial charge in [-0.1, -0.05) is 25.4 Å². The number of anilines is 1. The zero-order valence-electron chi connectivity index (χ0n) is 12.8. The van der Waals surface area contributed by atoms with E-state index in [1.165, 1.54) is 5.56 Å². The predicted octanol–water partition coefficient (Wildman–Crippen LogP) is 3.78. The van der Waals surface area contributed by atoms with Gasteiger partial charge < -0.3 is 10.2 Å². The van der Waals surface area contributed by atoms with Crippen LogP contribution >= 0.6 is 11.6 Å². The molecule has 0 saturated carbocycles. The van der Waals surface area contributed by atoms with Gasteiger partial charge in [-0.25, -0.2) is 0 Å². The Balaban J connectivity index is 2.10. The van der Waals surface area contributed by atoms with Crippen LogP contribution in [0.4, 0.5) is 5.69 Å². The van der Waals surface area contributed by atoms with Gasteiger partial charge in [0.15, 0.2) is 0 Å². The van der Waals surface area contributed by atoms with E-state index in [2.05, 4.69) is 44.2 Å². The molecule has 0 unspecified atom stereocenters. The molecule has 0 aromatic heterocycles. The highest BCUT2D eigenvalue weighted by atomic mass is 35.5. The first-order valence-corrected chi connectivity index (χ1v) is 7.51. The molecule has 20 heavy (non-hydrogen) atoms. The number of benzene rings is 1. The molecular formula is C16H24ClN3. The molecule has 0 saturated heterocycles. The van der Waals surface area contributed by atoms with Gasteiger partial charge in [0.2, 0.25) is 0 Å². The maximum Gasteiger partial charge on any atom is 0.102 e. The molecular weight excluding hydrogens is 270 g/mol. The van der Waals surface area contributed by atoms with Crippen LogP contribution in [0, 0.1) is 0 Å². The Morgan fingerprint density at radius 1 is 1.35 bits per heavy atom. The molecule has 1 N–H and O–H groups in total. The number of fused-ring (bicyclic) bond motifs is 1. The van der Waals surface area contributed by atoms with Crippen LogP contribution in [0.25, 0.3) is 0 Å². The average molecular weight is 294 g/mol. The third-order valence-electron chi connectivity index (χ3n) is 3.67. The van der Waals surface area contributed by atoms with Gasteiger partial charge in [0.1, 0.15) is 5.84 Å². The smallest absolute Gasteiger partial charge is 0.102 e. The zero-order chi connectivity index (χ0) is 14.8. The molecule has 1 aliphatic rings. The number of halogens is 1. The van der Waals surface area contributed by atoms with E-state index in [1.807, 2.05) is 12.1 Å². The van der Waals surface area contributed by atoms with E-state index >= 15 is 0 Å². The summed E-state index contributed by atoms with van der Waals surface area (Å²) in [4.78, 5) is 6.91. The van der Waals surface area contributed by atoms with Gasteiger partial charge in [-0.3, -0.25) is 4.99 Å². The van der Waals surface area contributed by atoms with E-state index in [0.717, 1.165) is 42.5 Å². The molecule has 0 radical (unpaired) electrons. The second-order valence-corrected chi connectivity index (χ2v) is 6.80. The van der Waals surface area contributed by atoms with Gasteiger partial charge in [0, 0.05) is 23.7 Å². The molecule has 1 aromatic rings. The summed E-state index contributed by atoms with van der Waals surface area (Å²) in [7, 11) is 4.18. The fourth-order valence-electron chi connectivity index (χ4n) is 2.60. The maximum absolute atomic E-state index is 6.11. The Hall–Kier alpha value is -1.06. The van der Waals surface area contributed by atoms with Crippen molar-refractivity contribution in [1.82, 2.24) is 4.90 Å². The fourth-order valence-corrected chi connectivity index (χ4v) is 2.77. The van der Waals surface area contributed by atoms with Crippen LogP contribution in [0.5, 0.6) is 0 Å². The lowest BCUT2D eigenvalue weighted by Crippen LogP contribution is -2.33. The molecule has 0 bridgehead atoms. The van der Waals surface area contributed by atoms with Crippen LogP contribution < -0.4 is 5.32 Å². The van der Waals surface area contributed by atoms with E-state index in [4.69, 9.17) is 16.6 Å². The lowest BCUT2D eigenvalue weighted by Gasteiger charge is -2.34. The number of hydrogen-bond acceptors (Lipinski definition) is 2. The highest BCUT2D eigenvalue weighted by molar-refractivity contribution is 6.30. The van der Waals surface area contributed by atoms with Crippen molar-refractivity contribution in [2.45, 2.75) is 32.1 Å². The van der Waals surface area contributed by atoms with Gasteiger partial charge in [-0.05, 0) is 56.2 Å². The predicted molar refractivity (Wildman–Crippen MR) is 88.2 cm³/mol. The minimum atomic E-state index is 0.0753. The van der Waals surface area contributed by atoms with Crippen molar-refractivity contribution in [3.05, 3.63) is 28.8 Å². The second kappa shape index (κ2) is 6.15. The van der Waals surface area contributed by atoms with Crippen molar-refractivity contribution in [2.24, 2.45) is 4.99 Å². The first kappa shape index (κ1) is 15.3. The Bertz CT molecular complexity index is 506. The lowest BCUT2D eigenvalue weighted by molar-refractivity contribution is 0.403. The summed E-state index contributed by atoms with van der Waals surface area (Å²) in [5.74, 6) is 1.09. The summed E-state index contributed by atoms with van der Waals surface area (Å²) in [5.41, 5.74) is 2.49. The molecule has 3 nitrogen and oxygen atoms in total. The molecule has 1 aliphatic heterocycles. The maximum atomic E-state index is 6.11. The molecule has 0 spiro atoms. The van der Waals surface area contributed by atoms with Crippen molar-refractivity contribution >= 4 is 23.1 Å². The number of nitrogens with one attached hydrogen (secondary N) is 1. The van der Waals surface area contributed by atoms with Crippen molar-refractivity contribution in [1.29, 1.82) is 0 Å². The van der Waals surface area contributed by atoms with Gasteiger partial charge in [0.05, 0.1) is 0 Å². The van der Waals surface area contributed by atoms with Crippen molar-refractivity contribution < 1.29 is 0 Å². The zero-order valence-corrected chi connectivity index (χ0v) is 13.6. The van der Waals surface area contributed by atoms with Crippen molar-refractivity contribution in [2.75, 3.05) is 32.5 Å². The van der Waals surface area contributed by atoms with E-state index in [1.54, 1.807) is 0 Å². The summed E-state index contributed by atoms with van der Waals surface area (Å²) in [6.07, 6.45) is 2.02. The number of aliphatic imine (C=N–C) groups is 1. The van der Waals surface area contributed by atoms with Crippen LogP contribution in [0.2, 0.25) is 5.02 Å². The van der Waals surface area contributed by atoms with Crippen molar-refractivity contribution in [3.63, 3.8) is 0 Å². The topological polar surface area (TPSA) is 27.6 Å². The molecule has 110 valence electrons. The Morgan fingerprint density at radius 3 is 2.80 bits per heavy atom. The number of nitrogens with zero attached hydrogens (tertiary/aromatic N) is 2. The van der Waals surface area contributed by atoms with Gasteiger partial charge in [0.25, 0.3) is 0 Å². The molecule has 0 amide bonds. The minimum Gasteiger partial charge on any atom is -0.344 e. The summed E-state index contributed by atoms with van der Waals surface area (Å²) >= 11 is 6.11. The van der Waals surface area contributed by atoms with Gasteiger partial charge in [-0.15, -0.1) is 0 Å². The van der Waals surface area contributed by atoms with E-state index in [0.29, 0.717) is 0 Å². The summed E-state index contributed by atoms with van der Waals surface area (Å²) < 4.78 is 0. The molecule has 0 aliphatic carbocycles. The third kappa shape index (κ3) is 3.74. The van der Waals surface area contributed by atoms with Crippen LogP contribution in [0.15, 0.2) is 23.2 Å². The summed E-state index contributed by atoms with van der Waals surface area (Å²) in [6, 6.07) is 6.04. The quantitative estimate of drug-likeness (QED) is 0.856. The van der Waals surface area contributed by atoms with Gasteiger partial charge in [-0.2, -0.15) is 0 Å². The van der Waals surface area contributed by atoms with Crippen LogP contribution in [0.1, 0.15) is 32.3 Å². The first-order chi connectivity index (χ1) is 9.38. The SMILES string of the molecule is CN(C)CCCN=C1CC(C)(C)c2cc(Cl)ccc2N1. The van der Waals surface area contributed by atoms with E-state index in [9.17, 15) is 0 Å². The molecule has 0 atom stereocenters. The molecule has 2 rings (SSSR count). The highest BCUT2D eigenvalue weighted by Crippen LogP contribution is 2.38. The highest BCUT2D eigenvalue weighted by Gasteiger charge is 2.30. The normalized spacial score (nSPS) is 19.0. The van der Waals surface area contributed by atoms with Gasteiger partial charge >= 0.3 is 0 Å². The second-order valence-electron chi connectivity index (χ2n) is 6.36. The molecule has 1 aromatic carbocycles. The average Bonchev–Trinajstić information content (AvgIpc) is 2.35. The van der Waals surface area contributed by atoms with E-state index in [-0.39, 0.29) is 5.41 Å². The first-order valence-electron chi connectivity index (χ1n) is 7.13. The summed E-state index contributed by atoms with van der Waals surface area (Å²) in [6.45, 7) is 6.45. The van der Waals surface area contributed by atoms with Crippen LogP contribution in [-0.4, -0.2) is 37.9 Å².